The molecule has 3 aromatic rings. The fourth-order valence-electron chi connectivity index (χ4n) is 4.03. The van der Waals surface area contributed by atoms with E-state index in [4.69, 9.17) is 13.7 Å². The molecule has 0 bridgehead atoms. The molecule has 35 heavy (non-hydrogen) atoms. The van der Waals surface area contributed by atoms with E-state index in [1.807, 2.05) is 51.1 Å². The minimum atomic E-state index is -0.519. The summed E-state index contributed by atoms with van der Waals surface area (Å²) in [5, 5.41) is 12.2. The van der Waals surface area contributed by atoms with Crippen LogP contribution in [0.2, 0.25) is 0 Å². The molecule has 10 heteroatoms. The number of carbonyl (C=O) groups is 2. The second kappa shape index (κ2) is 9.09. The lowest BCUT2D eigenvalue weighted by Gasteiger charge is -2.38. The average Bonchev–Trinajstić information content (AvgIpc) is 3.41. The molecule has 1 aliphatic heterocycles. The van der Waals surface area contributed by atoms with Crippen molar-refractivity contribution in [1.29, 1.82) is 0 Å². The number of hydrogen-bond acceptors (Lipinski definition) is 8. The quantitative estimate of drug-likeness (QED) is 0.493. The topological polar surface area (TPSA) is 124 Å². The zero-order valence-corrected chi connectivity index (χ0v) is 19.9. The predicted octanol–water partition coefficient (Wildman–Crippen LogP) is 4.46. The number of nitrogens with zero attached hydrogens (tertiary/aromatic N) is 5. The van der Waals surface area contributed by atoms with Crippen LogP contribution in [0.3, 0.4) is 0 Å². The van der Waals surface area contributed by atoms with Crippen LogP contribution in [0.4, 0.5) is 4.79 Å². The lowest BCUT2D eigenvalue weighted by Crippen LogP contribution is -2.50. The minimum absolute atomic E-state index is 0.0297. The van der Waals surface area contributed by atoms with Crippen molar-refractivity contribution >= 4 is 18.2 Å². The Bertz CT molecular complexity index is 1230. The number of aromatic nitrogens is 3. The standard InChI is InChI=1S/C25H27N5O5/c1-25(2,3)34-24(32)30-13-18(14-30)23-28-27-22(33-23)17-9-15(10-17)12-26-21(31)19-11-20(35-29-19)16-7-5-4-6-8-16/h4-8,11-12,15,17-18H,9-10,13-14H2,1-3H3. The summed E-state index contributed by atoms with van der Waals surface area (Å²) in [6, 6.07) is 11.1. The van der Waals surface area contributed by atoms with Gasteiger partial charge in [0, 0.05) is 36.9 Å². The molecule has 0 spiro atoms. The molecular formula is C25H27N5O5. The van der Waals surface area contributed by atoms with Crippen LogP contribution in [0.5, 0.6) is 0 Å². The molecule has 3 heterocycles. The fourth-order valence-corrected chi connectivity index (χ4v) is 4.03. The number of aliphatic imine (C=N–C) groups is 1. The third kappa shape index (κ3) is 5.16. The maximum atomic E-state index is 12.4. The van der Waals surface area contributed by atoms with Gasteiger partial charge in [-0.3, -0.25) is 4.79 Å². The van der Waals surface area contributed by atoms with Crippen LogP contribution in [0, 0.1) is 5.92 Å². The first-order valence-corrected chi connectivity index (χ1v) is 11.7. The molecule has 2 amide bonds. The Morgan fingerprint density at radius 1 is 1.09 bits per heavy atom. The van der Waals surface area contributed by atoms with E-state index in [0.717, 1.165) is 18.4 Å². The molecule has 2 fully saturated rings. The molecule has 5 rings (SSSR count). The van der Waals surface area contributed by atoms with Gasteiger partial charge < -0.3 is 18.6 Å². The predicted molar refractivity (Wildman–Crippen MR) is 125 cm³/mol. The van der Waals surface area contributed by atoms with E-state index >= 15 is 0 Å². The van der Waals surface area contributed by atoms with Crippen molar-refractivity contribution in [3.8, 4) is 11.3 Å². The SMILES string of the molecule is CC(C)(C)OC(=O)N1CC(c2nnc(C3CC(C=NC(=O)c4cc(-c5ccccc5)on4)C3)o2)C1. The molecule has 182 valence electrons. The summed E-state index contributed by atoms with van der Waals surface area (Å²) in [6.07, 6.45) is 2.89. The summed E-state index contributed by atoms with van der Waals surface area (Å²) in [7, 11) is 0. The molecule has 1 saturated carbocycles. The van der Waals surface area contributed by atoms with Gasteiger partial charge in [-0.05, 0) is 39.5 Å². The number of rotatable bonds is 5. The number of hydrogen-bond donors (Lipinski definition) is 0. The van der Waals surface area contributed by atoms with Crippen LogP contribution in [0.15, 0.2) is 50.3 Å². The van der Waals surface area contributed by atoms with Crippen molar-refractivity contribution < 1.29 is 23.3 Å². The van der Waals surface area contributed by atoms with Crippen LogP contribution >= 0.6 is 0 Å². The average molecular weight is 478 g/mol. The van der Waals surface area contributed by atoms with Crippen molar-refractivity contribution in [1.82, 2.24) is 20.3 Å². The van der Waals surface area contributed by atoms with E-state index in [-0.39, 0.29) is 29.5 Å². The van der Waals surface area contributed by atoms with Crippen molar-refractivity contribution in [2.45, 2.75) is 51.0 Å². The molecule has 0 unspecified atom stereocenters. The van der Waals surface area contributed by atoms with Gasteiger partial charge in [-0.1, -0.05) is 35.5 Å². The van der Waals surface area contributed by atoms with Crippen molar-refractivity contribution in [2.75, 3.05) is 13.1 Å². The summed E-state index contributed by atoms with van der Waals surface area (Å²) in [5.74, 6) is 1.57. The highest BCUT2D eigenvalue weighted by atomic mass is 16.6. The molecule has 0 radical (unpaired) electrons. The Morgan fingerprint density at radius 3 is 2.46 bits per heavy atom. The molecule has 0 atom stereocenters. The molecule has 0 N–H and O–H groups in total. The Morgan fingerprint density at radius 2 is 1.77 bits per heavy atom. The summed E-state index contributed by atoms with van der Waals surface area (Å²) in [6.45, 7) is 6.54. The Labute approximate surface area is 202 Å². The first-order chi connectivity index (χ1) is 16.7. The summed E-state index contributed by atoms with van der Waals surface area (Å²) >= 11 is 0. The molecule has 1 saturated heterocycles. The van der Waals surface area contributed by atoms with Crippen molar-refractivity contribution in [2.24, 2.45) is 10.9 Å². The summed E-state index contributed by atoms with van der Waals surface area (Å²) in [5.41, 5.74) is 0.510. The van der Waals surface area contributed by atoms with Crippen LogP contribution in [0.25, 0.3) is 11.3 Å². The molecule has 2 aliphatic rings. The first kappa shape index (κ1) is 22.9. The number of benzene rings is 1. The number of likely N-dealkylation sites (tertiary alicyclic amines) is 1. The van der Waals surface area contributed by atoms with E-state index in [1.165, 1.54) is 0 Å². The smallest absolute Gasteiger partial charge is 0.410 e. The first-order valence-electron chi connectivity index (χ1n) is 11.7. The van der Waals surface area contributed by atoms with Gasteiger partial charge in [-0.2, -0.15) is 0 Å². The van der Waals surface area contributed by atoms with Crippen LogP contribution < -0.4 is 0 Å². The van der Waals surface area contributed by atoms with Gasteiger partial charge in [0.1, 0.15) is 5.60 Å². The van der Waals surface area contributed by atoms with Crippen molar-refractivity contribution in [3.05, 3.63) is 53.9 Å². The van der Waals surface area contributed by atoms with Crippen LogP contribution in [0.1, 0.15) is 67.7 Å². The molecule has 1 aromatic carbocycles. The zero-order valence-electron chi connectivity index (χ0n) is 19.9. The molecule has 1 aliphatic carbocycles. The fraction of sp³-hybridized carbons (Fsp3) is 0.440. The summed E-state index contributed by atoms with van der Waals surface area (Å²) < 4.78 is 16.5. The Hall–Kier alpha value is -3.82. The van der Waals surface area contributed by atoms with Crippen LogP contribution in [-0.4, -0.2) is 57.2 Å². The minimum Gasteiger partial charge on any atom is -0.444 e. The van der Waals surface area contributed by atoms with Gasteiger partial charge in [0.15, 0.2) is 11.5 Å². The highest BCUT2D eigenvalue weighted by Gasteiger charge is 2.39. The zero-order chi connectivity index (χ0) is 24.6. The Balaban J connectivity index is 1.08. The lowest BCUT2D eigenvalue weighted by atomic mass is 9.75. The highest BCUT2D eigenvalue weighted by molar-refractivity contribution is 5.98. The van der Waals surface area contributed by atoms with E-state index in [0.29, 0.717) is 30.6 Å². The molecular weight excluding hydrogens is 450 g/mol. The normalized spacial score (nSPS) is 20.5. The van der Waals surface area contributed by atoms with Gasteiger partial charge >= 0.3 is 6.09 Å². The third-order valence-electron chi connectivity index (χ3n) is 6.05. The monoisotopic (exact) mass is 477 g/mol. The van der Waals surface area contributed by atoms with E-state index < -0.39 is 11.5 Å². The van der Waals surface area contributed by atoms with E-state index in [2.05, 4.69) is 20.3 Å². The van der Waals surface area contributed by atoms with Gasteiger partial charge in [-0.25, -0.2) is 9.79 Å². The number of ether oxygens (including phenoxy) is 1. The number of amides is 2. The maximum absolute atomic E-state index is 12.4. The second-order valence-corrected chi connectivity index (χ2v) is 10.0. The van der Waals surface area contributed by atoms with Crippen molar-refractivity contribution in [3.63, 3.8) is 0 Å². The Kier molecular flexibility index (Phi) is 5.96. The molecule has 10 nitrogen and oxygen atoms in total. The van der Waals surface area contributed by atoms with Crippen LogP contribution in [-0.2, 0) is 4.74 Å². The molecule has 2 aromatic heterocycles. The summed E-state index contributed by atoms with van der Waals surface area (Å²) in [4.78, 5) is 30.1. The van der Waals surface area contributed by atoms with Gasteiger partial charge in [0.05, 0.1) is 5.92 Å². The lowest BCUT2D eigenvalue weighted by molar-refractivity contribution is 0.00588. The van der Waals surface area contributed by atoms with Gasteiger partial charge in [0.2, 0.25) is 11.8 Å². The number of carbonyl (C=O) groups excluding carboxylic acids is 2. The maximum Gasteiger partial charge on any atom is 0.410 e. The van der Waals surface area contributed by atoms with E-state index in [9.17, 15) is 9.59 Å². The highest BCUT2D eigenvalue weighted by Crippen LogP contribution is 2.41. The van der Waals surface area contributed by atoms with E-state index in [1.54, 1.807) is 17.2 Å². The second-order valence-electron chi connectivity index (χ2n) is 10.0. The largest absolute Gasteiger partial charge is 0.444 e. The van der Waals surface area contributed by atoms with Gasteiger partial charge in [-0.15, -0.1) is 10.2 Å². The van der Waals surface area contributed by atoms with Gasteiger partial charge in [0.25, 0.3) is 5.91 Å². The third-order valence-corrected chi connectivity index (χ3v) is 6.05.